The topological polar surface area (TPSA) is 68.2 Å². The van der Waals surface area contributed by atoms with Crippen LogP contribution in [0, 0.1) is 6.07 Å². The molecule has 0 aliphatic carbocycles. The monoisotopic (exact) mass is 703 g/mol. The Morgan fingerprint density at radius 3 is 2.38 bits per heavy atom. The van der Waals surface area contributed by atoms with Crippen LogP contribution in [0.25, 0.3) is 44.2 Å². The minimum atomic E-state index is -0.0418. The second kappa shape index (κ2) is 9.26. The van der Waals surface area contributed by atoms with Crippen molar-refractivity contribution >= 4 is 38.4 Å². The van der Waals surface area contributed by atoms with E-state index in [2.05, 4.69) is 84.7 Å². The molecule has 0 bridgehead atoms. The third-order valence-corrected chi connectivity index (χ3v) is 8.69. The maximum Gasteiger partial charge on any atom is 0.300 e. The van der Waals surface area contributed by atoms with E-state index in [0.29, 0.717) is 5.82 Å². The van der Waals surface area contributed by atoms with E-state index in [1.54, 1.807) is 10.8 Å². The van der Waals surface area contributed by atoms with Gasteiger partial charge in [-0.15, -0.1) is 29.7 Å². The quantitative estimate of drug-likeness (QED) is 0.146. The fourth-order valence-electron chi connectivity index (χ4n) is 5.93. The van der Waals surface area contributed by atoms with Crippen LogP contribution in [0.4, 0.5) is 0 Å². The van der Waals surface area contributed by atoms with Gasteiger partial charge in [0, 0.05) is 54.5 Å². The molecule has 3 aromatic carbocycles. The van der Waals surface area contributed by atoms with Crippen LogP contribution in [0.2, 0.25) is 0 Å². The van der Waals surface area contributed by atoms with Gasteiger partial charge in [-0.25, -0.2) is 9.55 Å². The summed E-state index contributed by atoms with van der Waals surface area (Å²) < 4.78 is 3.99. The minimum absolute atomic E-state index is 0. The molecule has 1 N–H and O–H groups in total. The van der Waals surface area contributed by atoms with E-state index in [1.807, 2.05) is 48.5 Å². The SMILES string of the molecule is CC1(C)c2cccc3c4ccc[c-]c4c4ncc(n4c23)C1(C)C.Oc1nc2ccccc2n1-c1ccccn1.[Ir]. The number of rotatable bonds is 1. The Kier molecular flexibility index (Phi) is 6.06. The van der Waals surface area contributed by atoms with Crippen molar-refractivity contribution in [3.05, 3.63) is 109 Å². The predicted octanol–water partition coefficient (Wildman–Crippen LogP) is 7.13. The number of aromatic hydroxyl groups is 1. The molecule has 1 aliphatic rings. The van der Waals surface area contributed by atoms with E-state index in [-0.39, 0.29) is 36.9 Å². The molecule has 1 aliphatic heterocycles. The van der Waals surface area contributed by atoms with Gasteiger partial charge in [0.1, 0.15) is 5.82 Å². The van der Waals surface area contributed by atoms with Gasteiger partial charge in [0.15, 0.2) is 0 Å². The summed E-state index contributed by atoms with van der Waals surface area (Å²) >= 11 is 0. The van der Waals surface area contributed by atoms with Crippen molar-refractivity contribution in [1.29, 1.82) is 0 Å². The smallest absolute Gasteiger partial charge is 0.300 e. The number of hydrogen-bond donors (Lipinski definition) is 1. The van der Waals surface area contributed by atoms with Crippen molar-refractivity contribution < 1.29 is 25.2 Å². The van der Waals surface area contributed by atoms with Crippen molar-refractivity contribution in [3.63, 3.8) is 0 Å². The second-order valence-corrected chi connectivity index (χ2v) is 11.1. The van der Waals surface area contributed by atoms with E-state index < -0.39 is 0 Å². The molecule has 7 aromatic rings. The van der Waals surface area contributed by atoms with Gasteiger partial charge in [0.2, 0.25) is 0 Å². The summed E-state index contributed by atoms with van der Waals surface area (Å²) in [7, 11) is 0. The molecule has 4 aromatic heterocycles. The fourth-order valence-corrected chi connectivity index (χ4v) is 5.93. The first-order chi connectivity index (χ1) is 18.8. The van der Waals surface area contributed by atoms with Gasteiger partial charge in [0.05, 0.1) is 16.7 Å². The molecular formula is C33H28IrN5O-. The predicted molar refractivity (Wildman–Crippen MR) is 156 cm³/mol. The molecule has 0 saturated heterocycles. The van der Waals surface area contributed by atoms with Crippen LogP contribution >= 0.6 is 0 Å². The van der Waals surface area contributed by atoms with Gasteiger partial charge in [-0.05, 0) is 35.2 Å². The normalized spacial score (nSPS) is 14.8. The van der Waals surface area contributed by atoms with Crippen LogP contribution in [-0.4, -0.2) is 29.0 Å². The van der Waals surface area contributed by atoms with Gasteiger partial charge in [-0.1, -0.05) is 69.5 Å². The molecule has 5 heterocycles. The fraction of sp³-hybridized carbons (Fsp3) is 0.182. The summed E-state index contributed by atoms with van der Waals surface area (Å²) in [6.45, 7) is 9.37. The molecule has 0 fully saturated rings. The van der Waals surface area contributed by atoms with Crippen LogP contribution in [0.5, 0.6) is 6.01 Å². The summed E-state index contributed by atoms with van der Waals surface area (Å²) in [6, 6.07) is 29.4. The first-order valence-electron chi connectivity index (χ1n) is 13.1. The molecule has 201 valence electrons. The molecule has 6 nitrogen and oxygen atoms in total. The average Bonchev–Trinajstić information content (AvgIpc) is 3.55. The van der Waals surface area contributed by atoms with Crippen LogP contribution in [-0.2, 0) is 30.9 Å². The zero-order valence-electron chi connectivity index (χ0n) is 22.7. The zero-order valence-corrected chi connectivity index (χ0v) is 25.1. The standard InChI is InChI=1S/C21H19N2.C12H9N3O.Ir/c1-20(2)16-11-7-10-14-13-8-5-6-9-15(13)19-22-12-17(21(20,3)4)23(19)18(14)16;16-12-14-9-5-1-2-6-10(9)15(12)11-7-3-4-8-13-11;/h5-8,10-12H,1-4H3;1-8H,(H,14,16);/q-1;;. The Hall–Kier alpha value is -4.06. The Morgan fingerprint density at radius 2 is 1.57 bits per heavy atom. The summed E-state index contributed by atoms with van der Waals surface area (Å²) in [5.41, 5.74) is 6.69. The third kappa shape index (κ3) is 3.54. The van der Waals surface area contributed by atoms with Gasteiger partial charge in [-0.3, -0.25) is 4.98 Å². The number of benzene rings is 3. The first kappa shape index (κ1) is 26.2. The van der Waals surface area contributed by atoms with Crippen molar-refractivity contribution in [2.75, 3.05) is 0 Å². The van der Waals surface area contributed by atoms with Crippen LogP contribution in [0.3, 0.4) is 0 Å². The van der Waals surface area contributed by atoms with E-state index in [4.69, 9.17) is 4.98 Å². The number of nitrogens with zero attached hydrogens (tertiary/aromatic N) is 5. The van der Waals surface area contributed by atoms with Gasteiger partial charge < -0.3 is 9.51 Å². The average molecular weight is 703 g/mol. The zero-order chi connectivity index (χ0) is 26.9. The van der Waals surface area contributed by atoms with Gasteiger partial charge in [-0.2, -0.15) is 4.98 Å². The Bertz CT molecular complexity index is 2040. The largest absolute Gasteiger partial charge is 0.480 e. The number of pyridine rings is 2. The molecular weight excluding hydrogens is 675 g/mol. The number of hydrogen-bond acceptors (Lipinski definition) is 4. The Morgan fingerprint density at radius 1 is 0.800 bits per heavy atom. The maximum absolute atomic E-state index is 9.80. The number of aromatic nitrogens is 5. The Balaban J connectivity index is 0.000000150. The number of fused-ring (bicyclic) bond motifs is 4. The second-order valence-electron chi connectivity index (χ2n) is 11.1. The molecule has 0 spiro atoms. The Labute approximate surface area is 245 Å². The van der Waals surface area contributed by atoms with E-state index >= 15 is 0 Å². The number of para-hydroxylation sites is 3. The first-order valence-corrected chi connectivity index (χ1v) is 13.1. The molecule has 0 unspecified atom stereocenters. The van der Waals surface area contributed by atoms with Gasteiger partial charge >= 0.3 is 6.01 Å². The third-order valence-electron chi connectivity index (χ3n) is 8.69. The van der Waals surface area contributed by atoms with E-state index in [0.717, 1.165) is 22.1 Å². The maximum atomic E-state index is 9.80. The van der Waals surface area contributed by atoms with Crippen molar-refractivity contribution in [1.82, 2.24) is 23.9 Å². The van der Waals surface area contributed by atoms with Gasteiger partial charge in [0.25, 0.3) is 0 Å². The summed E-state index contributed by atoms with van der Waals surface area (Å²) in [6.07, 6.45) is 3.75. The van der Waals surface area contributed by atoms with Crippen LogP contribution < -0.4 is 0 Å². The van der Waals surface area contributed by atoms with Crippen LogP contribution in [0.1, 0.15) is 39.0 Å². The molecule has 40 heavy (non-hydrogen) atoms. The molecule has 7 heteroatoms. The molecule has 8 rings (SSSR count). The molecule has 0 amide bonds. The molecule has 0 saturated carbocycles. The molecule has 0 atom stereocenters. The summed E-state index contributed by atoms with van der Waals surface area (Å²) in [5.74, 6) is 0.661. The van der Waals surface area contributed by atoms with Crippen LogP contribution in [0.15, 0.2) is 91.3 Å². The van der Waals surface area contributed by atoms with E-state index in [9.17, 15) is 5.11 Å². The molecule has 1 radical (unpaired) electrons. The minimum Gasteiger partial charge on any atom is -0.480 e. The van der Waals surface area contributed by atoms with Crippen molar-refractivity contribution in [2.45, 2.75) is 38.5 Å². The van der Waals surface area contributed by atoms with Crippen molar-refractivity contribution in [3.8, 4) is 11.8 Å². The summed E-state index contributed by atoms with van der Waals surface area (Å²) in [5, 5.41) is 13.4. The number of imidazole rings is 2. The van der Waals surface area contributed by atoms with E-state index in [1.165, 1.54) is 27.5 Å². The van der Waals surface area contributed by atoms with Crippen molar-refractivity contribution in [2.24, 2.45) is 0 Å². The summed E-state index contributed by atoms with van der Waals surface area (Å²) in [4.78, 5) is 13.1.